The molecule has 0 rings (SSSR count). The van der Waals surface area contributed by atoms with Crippen molar-refractivity contribution >= 4 is 12.1 Å². The molecule has 0 bridgehead atoms. The predicted molar refractivity (Wildman–Crippen MR) is 93.6 cm³/mol. The fourth-order valence-electron chi connectivity index (χ4n) is 2.49. The zero-order valence-electron chi connectivity index (χ0n) is 14.7. The van der Waals surface area contributed by atoms with Crippen molar-refractivity contribution < 1.29 is 19.4 Å². The van der Waals surface area contributed by atoms with Crippen LogP contribution in [0.1, 0.15) is 96.8 Å². The average molecular weight is 326 g/mol. The van der Waals surface area contributed by atoms with Gasteiger partial charge in [0.2, 0.25) is 0 Å². The van der Waals surface area contributed by atoms with E-state index in [1.54, 1.807) is 0 Å². The number of esters is 1. The van der Waals surface area contributed by atoms with Crippen LogP contribution in [0.15, 0.2) is 12.2 Å². The summed E-state index contributed by atoms with van der Waals surface area (Å²) in [6.45, 7) is 2.25. The van der Waals surface area contributed by atoms with Gasteiger partial charge in [-0.1, -0.05) is 70.4 Å². The minimum absolute atomic E-state index is 0.199. The molecule has 4 heteroatoms. The molecule has 0 heterocycles. The first kappa shape index (κ1) is 21.7. The molecule has 23 heavy (non-hydrogen) atoms. The van der Waals surface area contributed by atoms with Gasteiger partial charge in [-0.3, -0.25) is 4.79 Å². The molecule has 0 saturated carbocycles. The summed E-state index contributed by atoms with van der Waals surface area (Å²) in [5, 5.41) is 8.26. The van der Waals surface area contributed by atoms with E-state index in [0.717, 1.165) is 25.7 Å². The first-order valence-electron chi connectivity index (χ1n) is 9.25. The van der Waals surface area contributed by atoms with Gasteiger partial charge in [-0.25, -0.2) is 4.79 Å². The lowest BCUT2D eigenvalue weighted by atomic mass is 10.1. The molecule has 0 aliphatic carbocycles. The van der Waals surface area contributed by atoms with Crippen LogP contribution in [0.5, 0.6) is 0 Å². The molecule has 134 valence electrons. The van der Waals surface area contributed by atoms with Crippen molar-refractivity contribution in [2.75, 3.05) is 0 Å². The quantitative estimate of drug-likeness (QED) is 0.167. The second kappa shape index (κ2) is 17.0. The van der Waals surface area contributed by atoms with Gasteiger partial charge >= 0.3 is 12.1 Å². The molecule has 0 fully saturated rings. The van der Waals surface area contributed by atoms with Crippen LogP contribution in [-0.2, 0) is 9.53 Å². The molecule has 0 atom stereocenters. The Hall–Kier alpha value is -1.32. The van der Waals surface area contributed by atoms with Gasteiger partial charge in [0.1, 0.15) is 0 Å². The summed E-state index contributed by atoms with van der Waals surface area (Å²) >= 11 is 0. The van der Waals surface area contributed by atoms with Crippen molar-refractivity contribution in [3.63, 3.8) is 0 Å². The summed E-state index contributed by atoms with van der Waals surface area (Å²) < 4.78 is 4.04. The summed E-state index contributed by atoms with van der Waals surface area (Å²) in [4.78, 5) is 21.1. The number of allylic oxidation sites excluding steroid dienone is 2. The van der Waals surface area contributed by atoms with Gasteiger partial charge in [0.05, 0.1) is 0 Å². The van der Waals surface area contributed by atoms with Crippen molar-refractivity contribution in [1.82, 2.24) is 0 Å². The lowest BCUT2D eigenvalue weighted by Gasteiger charge is -2.00. The summed E-state index contributed by atoms with van der Waals surface area (Å²) in [5.41, 5.74) is 0. The van der Waals surface area contributed by atoms with Crippen LogP contribution in [0.2, 0.25) is 0 Å². The third-order valence-corrected chi connectivity index (χ3v) is 3.84. The monoisotopic (exact) mass is 326 g/mol. The third-order valence-electron chi connectivity index (χ3n) is 3.84. The van der Waals surface area contributed by atoms with E-state index >= 15 is 0 Å². The topological polar surface area (TPSA) is 63.6 Å². The van der Waals surface area contributed by atoms with Crippen LogP contribution in [0.3, 0.4) is 0 Å². The third kappa shape index (κ3) is 18.6. The van der Waals surface area contributed by atoms with Crippen LogP contribution in [0, 0.1) is 0 Å². The molecule has 0 aliphatic rings. The summed E-state index contributed by atoms with van der Waals surface area (Å²) in [5.74, 6) is -0.643. The molecule has 0 radical (unpaired) electrons. The van der Waals surface area contributed by atoms with Crippen LogP contribution in [-0.4, -0.2) is 17.2 Å². The smallest absolute Gasteiger partial charge is 0.449 e. The number of unbranched alkanes of at least 4 members (excludes halogenated alkanes) is 11. The lowest BCUT2D eigenvalue weighted by molar-refractivity contribution is -0.139. The van der Waals surface area contributed by atoms with Gasteiger partial charge in [0.25, 0.3) is 0 Å². The molecule has 4 nitrogen and oxygen atoms in total. The van der Waals surface area contributed by atoms with Gasteiger partial charge in [-0.15, -0.1) is 0 Å². The van der Waals surface area contributed by atoms with E-state index in [-0.39, 0.29) is 6.42 Å². The number of carbonyl (C=O) groups is 2. The van der Waals surface area contributed by atoms with E-state index < -0.39 is 12.1 Å². The molecular weight excluding hydrogens is 292 g/mol. The van der Waals surface area contributed by atoms with E-state index in [9.17, 15) is 9.59 Å². The lowest BCUT2D eigenvalue weighted by Crippen LogP contribution is -2.09. The highest BCUT2D eigenvalue weighted by molar-refractivity contribution is 5.80. The number of rotatable bonds is 15. The van der Waals surface area contributed by atoms with E-state index in [4.69, 9.17) is 5.11 Å². The molecular formula is C19H34O4. The van der Waals surface area contributed by atoms with Gasteiger partial charge in [0, 0.05) is 6.42 Å². The largest absolute Gasteiger partial charge is 0.513 e. The molecule has 0 amide bonds. The highest BCUT2D eigenvalue weighted by Gasteiger charge is 2.06. The van der Waals surface area contributed by atoms with Gasteiger partial charge in [-0.2, -0.15) is 0 Å². The summed E-state index contributed by atoms with van der Waals surface area (Å²) in [6, 6.07) is 0. The van der Waals surface area contributed by atoms with E-state index in [0.29, 0.717) is 6.42 Å². The first-order chi connectivity index (χ1) is 11.2. The second-order valence-corrected chi connectivity index (χ2v) is 6.07. The van der Waals surface area contributed by atoms with E-state index in [2.05, 4.69) is 23.8 Å². The molecule has 0 aromatic carbocycles. The van der Waals surface area contributed by atoms with Crippen molar-refractivity contribution in [2.45, 2.75) is 96.8 Å². The Bertz CT molecular complexity index is 323. The number of carbonyl (C=O) groups excluding carboxylic acids is 1. The van der Waals surface area contributed by atoms with Gasteiger partial charge < -0.3 is 9.84 Å². The average Bonchev–Trinajstić information content (AvgIpc) is 2.50. The molecule has 0 spiro atoms. The van der Waals surface area contributed by atoms with Crippen molar-refractivity contribution in [2.24, 2.45) is 0 Å². The highest BCUT2D eigenvalue weighted by atomic mass is 16.7. The van der Waals surface area contributed by atoms with E-state index in [1.807, 2.05) is 0 Å². The summed E-state index contributed by atoms with van der Waals surface area (Å²) in [6.07, 6.45) is 18.8. The zero-order valence-corrected chi connectivity index (χ0v) is 14.7. The summed E-state index contributed by atoms with van der Waals surface area (Å²) in [7, 11) is 0. The maximum absolute atomic E-state index is 11.0. The number of hydrogen-bond donors (Lipinski definition) is 1. The fraction of sp³-hybridized carbons (Fsp3) is 0.789. The van der Waals surface area contributed by atoms with Crippen molar-refractivity contribution in [1.29, 1.82) is 0 Å². The van der Waals surface area contributed by atoms with Crippen LogP contribution < -0.4 is 0 Å². The van der Waals surface area contributed by atoms with Crippen molar-refractivity contribution in [3.8, 4) is 0 Å². The Kier molecular flexibility index (Phi) is 16.1. The Morgan fingerprint density at radius 3 is 1.78 bits per heavy atom. The number of carboxylic acid groups (broad SMARTS) is 1. The Balaban J connectivity index is 3.19. The molecule has 0 aromatic heterocycles. The van der Waals surface area contributed by atoms with Crippen LogP contribution in [0.4, 0.5) is 4.79 Å². The first-order valence-corrected chi connectivity index (χ1v) is 9.25. The Morgan fingerprint density at radius 2 is 1.26 bits per heavy atom. The predicted octanol–water partition coefficient (Wildman–Crippen LogP) is 6.25. The Morgan fingerprint density at radius 1 is 0.783 bits per heavy atom. The SMILES string of the molecule is CCCCCCCCC=CCCCCCCCC(=O)OC(=O)O. The molecule has 0 saturated heterocycles. The fourth-order valence-corrected chi connectivity index (χ4v) is 2.49. The molecule has 1 N–H and O–H groups in total. The second-order valence-electron chi connectivity index (χ2n) is 6.07. The standard InChI is InChI=1S/C19H34O4/c1-2-3-4-5-6-7-8-9-10-11-12-13-14-15-16-17-18(20)23-19(21)22/h9-10H,2-8,11-17H2,1H3,(H,21,22). The number of hydrogen-bond acceptors (Lipinski definition) is 3. The van der Waals surface area contributed by atoms with Gasteiger partial charge in [-0.05, 0) is 32.1 Å². The minimum atomic E-state index is -1.51. The molecule has 0 unspecified atom stereocenters. The molecule has 0 aliphatic heterocycles. The zero-order chi connectivity index (χ0) is 17.2. The van der Waals surface area contributed by atoms with Gasteiger partial charge in [0.15, 0.2) is 0 Å². The maximum atomic E-state index is 11.0. The molecule has 0 aromatic rings. The van der Waals surface area contributed by atoms with Crippen molar-refractivity contribution in [3.05, 3.63) is 12.2 Å². The Labute approximate surface area is 141 Å². The van der Waals surface area contributed by atoms with Crippen LogP contribution in [0.25, 0.3) is 0 Å². The maximum Gasteiger partial charge on any atom is 0.513 e. The van der Waals surface area contributed by atoms with Crippen LogP contribution >= 0.6 is 0 Å². The minimum Gasteiger partial charge on any atom is -0.449 e. The highest BCUT2D eigenvalue weighted by Crippen LogP contribution is 2.10. The van der Waals surface area contributed by atoms with E-state index in [1.165, 1.54) is 51.4 Å². The number of ether oxygens (including phenoxy) is 1. The normalized spacial score (nSPS) is 11.0.